The first-order valence-corrected chi connectivity index (χ1v) is 6.23. The van der Waals surface area contributed by atoms with Gasteiger partial charge in [0.15, 0.2) is 5.78 Å². The molecule has 92 valence electrons. The van der Waals surface area contributed by atoms with Crippen LogP contribution in [0.5, 0.6) is 0 Å². The minimum Gasteiger partial charge on any atom is -0.375 e. The van der Waals surface area contributed by atoms with E-state index >= 15 is 0 Å². The summed E-state index contributed by atoms with van der Waals surface area (Å²) in [6, 6.07) is 13.3. The molecular weight excluding hydrogens is 297 g/mol. The quantitative estimate of drug-likeness (QED) is 0.868. The summed E-state index contributed by atoms with van der Waals surface area (Å²) in [5.41, 5.74) is 0.935. The highest BCUT2D eigenvalue weighted by Gasteiger charge is 2.06. The van der Waals surface area contributed by atoms with Crippen molar-refractivity contribution in [3.63, 3.8) is 0 Å². The predicted molar refractivity (Wildman–Crippen MR) is 73.4 cm³/mol. The molecule has 2 aromatic carbocycles. The molecule has 18 heavy (non-hydrogen) atoms. The van der Waals surface area contributed by atoms with Gasteiger partial charge < -0.3 is 5.32 Å². The molecule has 0 unspecified atom stereocenters. The van der Waals surface area contributed by atoms with Gasteiger partial charge in [0, 0.05) is 10.0 Å². The number of hydrogen-bond acceptors (Lipinski definition) is 2. The summed E-state index contributed by atoms with van der Waals surface area (Å²) in [5, 5.41) is 2.79. The zero-order valence-corrected chi connectivity index (χ0v) is 11.1. The molecule has 0 bridgehead atoms. The van der Waals surface area contributed by atoms with Crippen LogP contribution in [-0.2, 0) is 0 Å². The van der Waals surface area contributed by atoms with Gasteiger partial charge in [0.25, 0.3) is 0 Å². The molecule has 0 atom stereocenters. The standard InChI is InChI=1S/C14H11BrFNO/c15-11-7-5-10(6-8-11)14(18)9-17-13-4-2-1-3-12(13)16/h1-8,17H,9H2. The third-order valence-electron chi connectivity index (χ3n) is 2.48. The Kier molecular flexibility index (Phi) is 4.10. The summed E-state index contributed by atoms with van der Waals surface area (Å²) < 4.78 is 14.2. The van der Waals surface area contributed by atoms with E-state index in [-0.39, 0.29) is 18.1 Å². The number of Topliss-reactive ketones (excluding diaryl/α,β-unsaturated/α-hetero) is 1. The highest BCUT2D eigenvalue weighted by atomic mass is 79.9. The summed E-state index contributed by atoms with van der Waals surface area (Å²) in [5.74, 6) is -0.438. The molecule has 0 aliphatic rings. The molecule has 4 heteroatoms. The second-order valence-electron chi connectivity index (χ2n) is 3.76. The van der Waals surface area contributed by atoms with Crippen LogP contribution in [0.25, 0.3) is 0 Å². The summed E-state index contributed by atoms with van der Waals surface area (Å²) in [6.07, 6.45) is 0. The van der Waals surface area contributed by atoms with Crippen molar-refractivity contribution < 1.29 is 9.18 Å². The number of benzene rings is 2. The van der Waals surface area contributed by atoms with Crippen molar-refractivity contribution in [1.29, 1.82) is 0 Å². The Labute approximate surface area is 113 Å². The topological polar surface area (TPSA) is 29.1 Å². The molecule has 0 fully saturated rings. The van der Waals surface area contributed by atoms with E-state index in [1.54, 1.807) is 42.5 Å². The normalized spacial score (nSPS) is 10.1. The van der Waals surface area contributed by atoms with Crippen LogP contribution in [-0.4, -0.2) is 12.3 Å². The van der Waals surface area contributed by atoms with E-state index in [0.29, 0.717) is 11.3 Å². The van der Waals surface area contributed by atoms with E-state index in [0.717, 1.165) is 4.47 Å². The maximum Gasteiger partial charge on any atom is 0.181 e. The number of nitrogens with one attached hydrogen (secondary N) is 1. The molecule has 0 amide bonds. The summed E-state index contributed by atoms with van der Waals surface area (Å²) in [7, 11) is 0. The van der Waals surface area contributed by atoms with Gasteiger partial charge in [0.2, 0.25) is 0 Å². The fraction of sp³-hybridized carbons (Fsp3) is 0.0714. The average molecular weight is 308 g/mol. The first-order chi connectivity index (χ1) is 8.66. The molecule has 1 N–H and O–H groups in total. The lowest BCUT2D eigenvalue weighted by molar-refractivity contribution is 0.101. The molecule has 0 saturated carbocycles. The number of carbonyl (C=O) groups is 1. The summed E-state index contributed by atoms with van der Waals surface area (Å²) >= 11 is 3.30. The number of carbonyl (C=O) groups excluding carboxylic acids is 1. The van der Waals surface area contributed by atoms with Crippen LogP contribution in [0.2, 0.25) is 0 Å². The monoisotopic (exact) mass is 307 g/mol. The van der Waals surface area contributed by atoms with Gasteiger partial charge in [0.1, 0.15) is 5.82 Å². The first-order valence-electron chi connectivity index (χ1n) is 5.44. The third kappa shape index (κ3) is 3.17. The fourth-order valence-corrected chi connectivity index (χ4v) is 1.78. The molecule has 0 aliphatic carbocycles. The molecule has 0 radical (unpaired) electrons. The van der Waals surface area contributed by atoms with Crippen LogP contribution in [0.4, 0.5) is 10.1 Å². The van der Waals surface area contributed by atoms with Crippen molar-refractivity contribution in [3.05, 3.63) is 64.4 Å². The minimum atomic E-state index is -0.360. The Morgan fingerprint density at radius 3 is 2.44 bits per heavy atom. The number of hydrogen-bond donors (Lipinski definition) is 1. The van der Waals surface area contributed by atoms with Crippen LogP contribution in [0.1, 0.15) is 10.4 Å². The molecule has 0 saturated heterocycles. The van der Waals surface area contributed by atoms with Gasteiger partial charge in [-0.2, -0.15) is 0 Å². The largest absolute Gasteiger partial charge is 0.375 e. The number of para-hydroxylation sites is 1. The van der Waals surface area contributed by atoms with Gasteiger partial charge >= 0.3 is 0 Å². The van der Waals surface area contributed by atoms with Crippen LogP contribution in [0, 0.1) is 5.82 Å². The highest BCUT2D eigenvalue weighted by Crippen LogP contribution is 2.14. The second kappa shape index (κ2) is 5.78. The van der Waals surface area contributed by atoms with Crippen molar-refractivity contribution in [3.8, 4) is 0 Å². The van der Waals surface area contributed by atoms with Crippen LogP contribution in [0.15, 0.2) is 53.0 Å². The molecule has 0 heterocycles. The van der Waals surface area contributed by atoms with Gasteiger partial charge in [-0.1, -0.05) is 40.2 Å². The third-order valence-corrected chi connectivity index (χ3v) is 3.01. The Morgan fingerprint density at radius 1 is 1.11 bits per heavy atom. The van der Waals surface area contributed by atoms with Crippen molar-refractivity contribution in [2.24, 2.45) is 0 Å². The maximum absolute atomic E-state index is 13.3. The number of halogens is 2. The zero-order valence-electron chi connectivity index (χ0n) is 9.49. The van der Waals surface area contributed by atoms with Crippen LogP contribution in [0.3, 0.4) is 0 Å². The van der Waals surface area contributed by atoms with Gasteiger partial charge in [-0.25, -0.2) is 4.39 Å². The second-order valence-corrected chi connectivity index (χ2v) is 4.68. The van der Waals surface area contributed by atoms with E-state index < -0.39 is 0 Å². The lowest BCUT2D eigenvalue weighted by Gasteiger charge is -2.06. The minimum absolute atomic E-state index is 0.0720. The van der Waals surface area contributed by atoms with E-state index in [1.165, 1.54) is 6.07 Å². The van der Waals surface area contributed by atoms with Crippen molar-refractivity contribution >= 4 is 27.4 Å². The predicted octanol–water partition coefficient (Wildman–Crippen LogP) is 3.88. The van der Waals surface area contributed by atoms with Crippen molar-refractivity contribution in [1.82, 2.24) is 0 Å². The molecule has 2 aromatic rings. The van der Waals surface area contributed by atoms with Gasteiger partial charge in [0.05, 0.1) is 12.2 Å². The number of anilines is 1. The Balaban J connectivity index is 2.01. The van der Waals surface area contributed by atoms with E-state index in [9.17, 15) is 9.18 Å². The zero-order chi connectivity index (χ0) is 13.0. The molecule has 2 rings (SSSR count). The highest BCUT2D eigenvalue weighted by molar-refractivity contribution is 9.10. The molecule has 0 spiro atoms. The van der Waals surface area contributed by atoms with Gasteiger partial charge in [-0.15, -0.1) is 0 Å². The molecular formula is C14H11BrFNO. The van der Waals surface area contributed by atoms with Gasteiger partial charge in [-0.05, 0) is 24.3 Å². The number of ketones is 1. The lowest BCUT2D eigenvalue weighted by Crippen LogP contribution is -2.14. The van der Waals surface area contributed by atoms with E-state index in [2.05, 4.69) is 21.2 Å². The average Bonchev–Trinajstić information content (AvgIpc) is 2.38. The van der Waals surface area contributed by atoms with Crippen LogP contribution >= 0.6 is 15.9 Å². The molecule has 0 aromatic heterocycles. The summed E-state index contributed by atoms with van der Waals surface area (Å²) in [4.78, 5) is 11.8. The Morgan fingerprint density at radius 2 is 1.78 bits per heavy atom. The Bertz CT molecular complexity index is 554. The van der Waals surface area contributed by atoms with Crippen molar-refractivity contribution in [2.45, 2.75) is 0 Å². The smallest absolute Gasteiger partial charge is 0.181 e. The Hall–Kier alpha value is -1.68. The van der Waals surface area contributed by atoms with Gasteiger partial charge in [-0.3, -0.25) is 4.79 Å². The van der Waals surface area contributed by atoms with Crippen LogP contribution < -0.4 is 5.32 Å². The van der Waals surface area contributed by atoms with Crippen molar-refractivity contribution in [2.75, 3.05) is 11.9 Å². The maximum atomic E-state index is 13.3. The fourth-order valence-electron chi connectivity index (χ4n) is 1.52. The molecule has 0 aliphatic heterocycles. The summed E-state index contributed by atoms with van der Waals surface area (Å²) in [6.45, 7) is 0.0720. The van der Waals surface area contributed by atoms with E-state index in [1.807, 2.05) is 0 Å². The number of rotatable bonds is 4. The lowest BCUT2D eigenvalue weighted by atomic mass is 10.1. The molecule has 2 nitrogen and oxygen atoms in total. The van der Waals surface area contributed by atoms with E-state index in [4.69, 9.17) is 0 Å². The first kappa shape index (κ1) is 12.8. The SMILES string of the molecule is O=C(CNc1ccccc1F)c1ccc(Br)cc1.